The maximum absolute atomic E-state index is 15.4. The number of hydrogen-bond donors (Lipinski definition) is 1. The van der Waals surface area contributed by atoms with Crippen molar-refractivity contribution in [1.82, 2.24) is 9.88 Å². The summed E-state index contributed by atoms with van der Waals surface area (Å²) in [5, 5.41) is 10.7. The Morgan fingerprint density at radius 1 is 1.14 bits per heavy atom. The summed E-state index contributed by atoms with van der Waals surface area (Å²) in [7, 11) is 3.26. The van der Waals surface area contributed by atoms with E-state index >= 15 is 4.39 Å². The van der Waals surface area contributed by atoms with Crippen molar-refractivity contribution in [3.05, 3.63) is 65.9 Å². The highest BCUT2D eigenvalue weighted by Gasteiger charge is 2.34. The Morgan fingerprint density at radius 2 is 1.95 bits per heavy atom. The van der Waals surface area contributed by atoms with E-state index in [2.05, 4.69) is 22.0 Å². The number of nitrogens with zero attached hydrogens (tertiary/aromatic N) is 2. The standard InChI is InChI=1S/C30H37FN2O4/c1-36-23-8-5-7-21(18-23)6-3-4-16-33-17-14-22(27(20-33)30(34)35)9-11-28(31)25-13-15-32-29-12-10-24(37-2)19-26(25)29/h5,7-8,10,12-13,15,18-19,22,27-28H,3-4,6,9,11,14,16-17,20H2,1-2H3,(H,34,35)/t22-,27+,28+/m1/s1. The Labute approximate surface area is 218 Å². The molecule has 1 saturated heterocycles. The molecular weight excluding hydrogens is 471 g/mol. The molecule has 1 N–H and O–H groups in total. The quantitative estimate of drug-likeness (QED) is 0.299. The van der Waals surface area contributed by atoms with E-state index in [0.29, 0.717) is 30.7 Å². The van der Waals surface area contributed by atoms with Crippen LogP contribution in [0.1, 0.15) is 49.4 Å². The van der Waals surface area contributed by atoms with E-state index in [0.717, 1.165) is 55.4 Å². The molecule has 1 fully saturated rings. The summed E-state index contributed by atoms with van der Waals surface area (Å²) in [6.07, 6.45) is 5.11. The first-order valence-electron chi connectivity index (χ1n) is 13.1. The molecule has 198 valence electrons. The molecule has 4 rings (SSSR count). The minimum Gasteiger partial charge on any atom is -0.497 e. The molecule has 1 aliphatic heterocycles. The van der Waals surface area contributed by atoms with Crippen LogP contribution in [0.25, 0.3) is 10.9 Å². The molecule has 0 spiro atoms. The zero-order chi connectivity index (χ0) is 26.2. The number of pyridine rings is 1. The van der Waals surface area contributed by atoms with Gasteiger partial charge in [0, 0.05) is 18.1 Å². The van der Waals surface area contributed by atoms with Crippen molar-refractivity contribution in [3.63, 3.8) is 0 Å². The minimum absolute atomic E-state index is 0.0218. The first kappa shape index (κ1) is 26.9. The summed E-state index contributed by atoms with van der Waals surface area (Å²) in [6.45, 7) is 2.28. The molecule has 2 heterocycles. The number of piperidine rings is 1. The summed E-state index contributed by atoms with van der Waals surface area (Å²) in [4.78, 5) is 18.7. The largest absolute Gasteiger partial charge is 0.497 e. The van der Waals surface area contributed by atoms with Crippen LogP contribution in [0.2, 0.25) is 0 Å². The fraction of sp³-hybridized carbons (Fsp3) is 0.467. The summed E-state index contributed by atoms with van der Waals surface area (Å²) in [5.74, 6) is 0.271. The highest BCUT2D eigenvalue weighted by atomic mass is 19.1. The maximum Gasteiger partial charge on any atom is 0.308 e. The van der Waals surface area contributed by atoms with Crippen molar-refractivity contribution < 1.29 is 23.8 Å². The van der Waals surface area contributed by atoms with Gasteiger partial charge in [-0.15, -0.1) is 0 Å². The predicted molar refractivity (Wildman–Crippen MR) is 143 cm³/mol. The van der Waals surface area contributed by atoms with Gasteiger partial charge in [0.25, 0.3) is 0 Å². The van der Waals surface area contributed by atoms with Crippen molar-refractivity contribution in [3.8, 4) is 11.5 Å². The molecule has 0 unspecified atom stereocenters. The SMILES string of the molecule is COc1cccc(CCCCN2CC[C@@H](CC[C@H](F)c3ccnc4ccc(OC)cc34)[C@@H](C(=O)O)C2)c1. The molecule has 0 bridgehead atoms. The molecule has 3 aromatic rings. The van der Waals surface area contributed by atoms with Gasteiger partial charge in [-0.1, -0.05) is 12.1 Å². The number of fused-ring (bicyclic) bond motifs is 1. The van der Waals surface area contributed by atoms with Gasteiger partial charge in [0.05, 0.1) is 25.7 Å². The average molecular weight is 509 g/mol. The lowest BCUT2D eigenvalue weighted by atomic mass is 9.81. The van der Waals surface area contributed by atoms with Crippen molar-refractivity contribution in [2.45, 2.75) is 44.7 Å². The number of benzene rings is 2. The Kier molecular flexibility index (Phi) is 9.34. The van der Waals surface area contributed by atoms with Crippen molar-refractivity contribution in [1.29, 1.82) is 0 Å². The van der Waals surface area contributed by atoms with E-state index in [4.69, 9.17) is 9.47 Å². The topological polar surface area (TPSA) is 71.9 Å². The number of ether oxygens (including phenoxy) is 2. The van der Waals surface area contributed by atoms with Crippen LogP contribution < -0.4 is 9.47 Å². The number of hydrogen-bond acceptors (Lipinski definition) is 5. The van der Waals surface area contributed by atoms with Crippen LogP contribution in [0.15, 0.2) is 54.7 Å². The lowest BCUT2D eigenvalue weighted by Crippen LogP contribution is -2.44. The molecule has 0 amide bonds. The van der Waals surface area contributed by atoms with Crippen LogP contribution in [0.4, 0.5) is 4.39 Å². The fourth-order valence-corrected chi connectivity index (χ4v) is 5.45. The number of halogens is 1. The highest BCUT2D eigenvalue weighted by molar-refractivity contribution is 5.83. The third-order valence-electron chi connectivity index (χ3n) is 7.59. The number of carbonyl (C=O) groups is 1. The number of carboxylic acid groups (broad SMARTS) is 1. The second kappa shape index (κ2) is 12.9. The summed E-state index contributed by atoms with van der Waals surface area (Å²) >= 11 is 0. The molecule has 1 aromatic heterocycles. The summed E-state index contributed by atoms with van der Waals surface area (Å²) in [6, 6.07) is 15.3. The zero-order valence-corrected chi connectivity index (χ0v) is 21.7. The Hall–Kier alpha value is -3.19. The molecular formula is C30H37FN2O4. The number of aryl methyl sites for hydroxylation is 1. The van der Waals surface area contributed by atoms with Gasteiger partial charge in [-0.25, -0.2) is 4.39 Å². The smallest absolute Gasteiger partial charge is 0.308 e. The third kappa shape index (κ3) is 6.98. The van der Waals surface area contributed by atoms with Crippen LogP contribution in [0, 0.1) is 11.8 Å². The second-order valence-corrected chi connectivity index (χ2v) is 9.93. The van der Waals surface area contributed by atoms with Gasteiger partial charge >= 0.3 is 5.97 Å². The van der Waals surface area contributed by atoms with E-state index in [1.54, 1.807) is 26.5 Å². The first-order valence-corrected chi connectivity index (χ1v) is 13.1. The predicted octanol–water partition coefficient (Wildman–Crippen LogP) is 6.09. The average Bonchev–Trinajstić information content (AvgIpc) is 2.93. The molecule has 0 radical (unpaired) electrons. The lowest BCUT2D eigenvalue weighted by molar-refractivity contribution is -0.146. The summed E-state index contributed by atoms with van der Waals surface area (Å²) in [5.41, 5.74) is 2.57. The molecule has 6 nitrogen and oxygen atoms in total. The molecule has 7 heteroatoms. The number of aliphatic carboxylic acids is 1. The van der Waals surface area contributed by atoms with E-state index < -0.39 is 18.1 Å². The normalized spacial score (nSPS) is 19.0. The zero-order valence-electron chi connectivity index (χ0n) is 21.7. The number of alkyl halides is 1. The van der Waals surface area contributed by atoms with E-state index in [1.807, 2.05) is 30.3 Å². The number of likely N-dealkylation sites (tertiary alicyclic amines) is 1. The van der Waals surface area contributed by atoms with Crippen LogP contribution in [0.5, 0.6) is 11.5 Å². The molecule has 2 aromatic carbocycles. The fourth-order valence-electron chi connectivity index (χ4n) is 5.45. The summed E-state index contributed by atoms with van der Waals surface area (Å²) < 4.78 is 26.0. The molecule has 0 saturated carbocycles. The Morgan fingerprint density at radius 3 is 2.73 bits per heavy atom. The number of carboxylic acids is 1. The molecule has 3 atom stereocenters. The third-order valence-corrected chi connectivity index (χ3v) is 7.59. The lowest BCUT2D eigenvalue weighted by Gasteiger charge is -2.37. The molecule has 0 aliphatic carbocycles. The Balaban J connectivity index is 1.28. The number of aromatic nitrogens is 1. The highest BCUT2D eigenvalue weighted by Crippen LogP contribution is 2.35. The van der Waals surface area contributed by atoms with Gasteiger partial charge in [-0.05, 0) is 105 Å². The van der Waals surface area contributed by atoms with E-state index in [1.165, 1.54) is 5.56 Å². The van der Waals surface area contributed by atoms with Gasteiger partial charge in [-0.2, -0.15) is 0 Å². The maximum atomic E-state index is 15.4. The minimum atomic E-state index is -1.18. The van der Waals surface area contributed by atoms with Crippen LogP contribution in [-0.4, -0.2) is 54.8 Å². The van der Waals surface area contributed by atoms with Crippen molar-refractivity contribution in [2.24, 2.45) is 11.8 Å². The molecule has 37 heavy (non-hydrogen) atoms. The molecule has 1 aliphatic rings. The van der Waals surface area contributed by atoms with Crippen molar-refractivity contribution >= 4 is 16.9 Å². The van der Waals surface area contributed by atoms with Crippen molar-refractivity contribution in [2.75, 3.05) is 33.9 Å². The number of rotatable bonds is 12. The van der Waals surface area contributed by atoms with Crippen LogP contribution in [0.3, 0.4) is 0 Å². The van der Waals surface area contributed by atoms with E-state index in [-0.39, 0.29) is 5.92 Å². The van der Waals surface area contributed by atoms with Crippen LogP contribution >= 0.6 is 0 Å². The second-order valence-electron chi connectivity index (χ2n) is 9.93. The number of unbranched alkanes of at least 4 members (excludes halogenated alkanes) is 1. The van der Waals surface area contributed by atoms with Gasteiger partial charge in [0.2, 0.25) is 0 Å². The number of methoxy groups -OCH3 is 2. The Bertz CT molecular complexity index is 1190. The van der Waals surface area contributed by atoms with Gasteiger partial charge in [0.1, 0.15) is 17.7 Å². The van der Waals surface area contributed by atoms with Gasteiger partial charge < -0.3 is 19.5 Å². The first-order chi connectivity index (χ1) is 18.0. The van der Waals surface area contributed by atoms with E-state index in [9.17, 15) is 9.90 Å². The van der Waals surface area contributed by atoms with Crippen LogP contribution in [-0.2, 0) is 11.2 Å². The van der Waals surface area contributed by atoms with Gasteiger partial charge in [-0.3, -0.25) is 9.78 Å². The van der Waals surface area contributed by atoms with Gasteiger partial charge in [0.15, 0.2) is 0 Å². The monoisotopic (exact) mass is 508 g/mol.